The fourth-order valence-corrected chi connectivity index (χ4v) is 2.56. The molecule has 4 nitrogen and oxygen atoms in total. The van der Waals surface area contributed by atoms with Crippen LogP contribution in [0.1, 0.15) is 20.8 Å². The number of anilines is 1. The molecule has 0 saturated carbocycles. The molecular formula is C14H17N3OS2. The second-order valence-electron chi connectivity index (χ2n) is 5.34. The van der Waals surface area contributed by atoms with Crippen molar-refractivity contribution in [2.75, 3.05) is 11.6 Å². The third kappa shape index (κ3) is 3.58. The average molecular weight is 307 g/mol. The summed E-state index contributed by atoms with van der Waals surface area (Å²) >= 11 is 3.08. The zero-order valence-electron chi connectivity index (χ0n) is 11.9. The van der Waals surface area contributed by atoms with Crippen LogP contribution in [-0.2, 0) is 4.79 Å². The highest BCUT2D eigenvalue weighted by Gasteiger charge is 2.22. The summed E-state index contributed by atoms with van der Waals surface area (Å²) in [6.07, 6.45) is 2.04. The van der Waals surface area contributed by atoms with Crippen molar-refractivity contribution in [3.8, 4) is 10.6 Å². The van der Waals surface area contributed by atoms with Gasteiger partial charge >= 0.3 is 0 Å². The first-order valence-electron chi connectivity index (χ1n) is 6.19. The maximum atomic E-state index is 11.9. The van der Waals surface area contributed by atoms with Gasteiger partial charge in [0.2, 0.25) is 11.0 Å². The van der Waals surface area contributed by atoms with E-state index in [-0.39, 0.29) is 5.91 Å². The number of aromatic nitrogens is 2. The molecule has 1 aromatic heterocycles. The molecule has 106 valence electrons. The molecule has 0 aliphatic carbocycles. The molecule has 0 bridgehead atoms. The highest BCUT2D eigenvalue weighted by atomic mass is 32.2. The first-order chi connectivity index (χ1) is 9.40. The molecule has 0 unspecified atom stereocenters. The molecule has 20 heavy (non-hydrogen) atoms. The lowest BCUT2D eigenvalue weighted by atomic mass is 9.96. The van der Waals surface area contributed by atoms with Gasteiger partial charge in [-0.05, 0) is 18.4 Å². The maximum Gasteiger partial charge on any atom is 0.231 e. The normalized spacial score (nSPS) is 11.4. The topological polar surface area (TPSA) is 54.9 Å². The molecule has 0 saturated heterocycles. The Kier molecular flexibility index (Phi) is 4.45. The lowest BCUT2D eigenvalue weighted by Crippen LogP contribution is -2.27. The smallest absolute Gasteiger partial charge is 0.231 e. The van der Waals surface area contributed by atoms with Crippen LogP contribution < -0.4 is 5.32 Å². The lowest BCUT2D eigenvalue weighted by molar-refractivity contribution is -0.123. The van der Waals surface area contributed by atoms with Crippen molar-refractivity contribution in [3.05, 3.63) is 24.3 Å². The van der Waals surface area contributed by atoms with E-state index in [2.05, 4.69) is 27.6 Å². The van der Waals surface area contributed by atoms with Gasteiger partial charge in [-0.25, -0.2) is 0 Å². The van der Waals surface area contributed by atoms with Crippen LogP contribution in [-0.4, -0.2) is 22.4 Å². The van der Waals surface area contributed by atoms with E-state index in [1.807, 2.05) is 39.2 Å². The van der Waals surface area contributed by atoms with E-state index in [0.29, 0.717) is 5.13 Å². The number of benzene rings is 1. The van der Waals surface area contributed by atoms with Crippen LogP contribution in [0.3, 0.4) is 0 Å². The summed E-state index contributed by atoms with van der Waals surface area (Å²) < 4.78 is 0. The van der Waals surface area contributed by atoms with Crippen LogP contribution in [0, 0.1) is 5.41 Å². The summed E-state index contributed by atoms with van der Waals surface area (Å²) in [6, 6.07) is 8.13. The number of rotatable bonds is 3. The van der Waals surface area contributed by atoms with E-state index < -0.39 is 5.41 Å². The molecule has 0 fully saturated rings. The molecule has 0 radical (unpaired) electrons. The minimum Gasteiger partial charge on any atom is -0.300 e. The minimum atomic E-state index is -0.439. The van der Waals surface area contributed by atoms with Gasteiger partial charge in [-0.2, -0.15) is 0 Å². The fourth-order valence-electron chi connectivity index (χ4n) is 1.41. The second kappa shape index (κ2) is 5.93. The van der Waals surface area contributed by atoms with Gasteiger partial charge in [-0.3, -0.25) is 4.79 Å². The van der Waals surface area contributed by atoms with Crippen molar-refractivity contribution in [1.82, 2.24) is 10.2 Å². The van der Waals surface area contributed by atoms with E-state index in [0.717, 1.165) is 10.6 Å². The Labute approximate surface area is 127 Å². The highest BCUT2D eigenvalue weighted by Crippen LogP contribution is 2.28. The summed E-state index contributed by atoms with van der Waals surface area (Å²) in [5.41, 5.74) is 0.572. The maximum absolute atomic E-state index is 11.9. The molecule has 0 aliphatic heterocycles. The Morgan fingerprint density at radius 1 is 1.20 bits per heavy atom. The standard InChI is InChI=1S/C14H17N3OS2/c1-14(2,3)12(18)15-13-17-16-11(20-13)9-5-7-10(19-4)8-6-9/h5-8H,1-4H3,(H,15,17,18). The van der Waals surface area contributed by atoms with Gasteiger partial charge < -0.3 is 5.32 Å². The van der Waals surface area contributed by atoms with E-state index >= 15 is 0 Å². The van der Waals surface area contributed by atoms with Crippen LogP contribution in [0.4, 0.5) is 5.13 Å². The number of amides is 1. The Bertz CT molecular complexity index is 600. The number of hydrogen-bond donors (Lipinski definition) is 1. The zero-order valence-corrected chi connectivity index (χ0v) is 13.6. The van der Waals surface area contributed by atoms with E-state index in [1.165, 1.54) is 16.2 Å². The van der Waals surface area contributed by atoms with Crippen molar-refractivity contribution in [2.24, 2.45) is 5.41 Å². The number of carbonyl (C=O) groups is 1. The van der Waals surface area contributed by atoms with Crippen molar-refractivity contribution in [3.63, 3.8) is 0 Å². The number of nitrogens with zero attached hydrogens (tertiary/aromatic N) is 2. The van der Waals surface area contributed by atoms with Gasteiger partial charge in [-0.1, -0.05) is 44.2 Å². The third-order valence-electron chi connectivity index (χ3n) is 2.66. The summed E-state index contributed by atoms with van der Waals surface area (Å²) in [7, 11) is 0. The minimum absolute atomic E-state index is 0.0575. The van der Waals surface area contributed by atoms with Gasteiger partial charge in [0.25, 0.3) is 0 Å². The molecule has 1 heterocycles. The number of hydrogen-bond acceptors (Lipinski definition) is 5. The second-order valence-corrected chi connectivity index (χ2v) is 7.20. The predicted octanol–water partition coefficient (Wildman–Crippen LogP) is 3.91. The van der Waals surface area contributed by atoms with Crippen LogP contribution in [0.15, 0.2) is 29.2 Å². The monoisotopic (exact) mass is 307 g/mol. The van der Waals surface area contributed by atoms with Crippen LogP contribution >= 0.6 is 23.1 Å². The molecule has 0 spiro atoms. The highest BCUT2D eigenvalue weighted by molar-refractivity contribution is 7.98. The number of carbonyl (C=O) groups excluding carboxylic acids is 1. The molecule has 1 amide bonds. The Morgan fingerprint density at radius 2 is 1.85 bits per heavy atom. The van der Waals surface area contributed by atoms with Crippen molar-refractivity contribution < 1.29 is 4.79 Å². The third-order valence-corrected chi connectivity index (χ3v) is 4.29. The quantitative estimate of drug-likeness (QED) is 0.873. The van der Waals surface area contributed by atoms with E-state index in [1.54, 1.807) is 11.8 Å². The van der Waals surface area contributed by atoms with E-state index in [4.69, 9.17) is 0 Å². The molecule has 6 heteroatoms. The van der Waals surface area contributed by atoms with Gasteiger partial charge in [0.15, 0.2) is 0 Å². The molecule has 0 atom stereocenters. The molecule has 2 aromatic rings. The first-order valence-corrected chi connectivity index (χ1v) is 8.23. The number of nitrogens with one attached hydrogen (secondary N) is 1. The van der Waals surface area contributed by atoms with E-state index in [9.17, 15) is 4.79 Å². The van der Waals surface area contributed by atoms with Crippen molar-refractivity contribution in [1.29, 1.82) is 0 Å². The molecule has 1 N–H and O–H groups in total. The summed E-state index contributed by atoms with van der Waals surface area (Å²) in [5, 5.41) is 12.3. The Hall–Kier alpha value is -1.40. The van der Waals surface area contributed by atoms with Crippen molar-refractivity contribution in [2.45, 2.75) is 25.7 Å². The van der Waals surface area contributed by atoms with Crippen molar-refractivity contribution >= 4 is 34.1 Å². The first kappa shape index (κ1) is 15.0. The van der Waals surface area contributed by atoms with Gasteiger partial charge in [-0.15, -0.1) is 22.0 Å². The lowest BCUT2D eigenvalue weighted by Gasteiger charge is -2.15. The molecule has 0 aliphatic rings. The Morgan fingerprint density at radius 3 is 2.40 bits per heavy atom. The molecule has 2 rings (SSSR count). The Balaban J connectivity index is 2.14. The van der Waals surface area contributed by atoms with Crippen LogP contribution in [0.2, 0.25) is 0 Å². The summed E-state index contributed by atoms with van der Waals surface area (Å²) in [5.74, 6) is -0.0575. The van der Waals surface area contributed by atoms with Crippen LogP contribution in [0.5, 0.6) is 0 Å². The zero-order chi connectivity index (χ0) is 14.8. The summed E-state index contributed by atoms with van der Waals surface area (Å²) in [6.45, 7) is 5.60. The number of thioether (sulfide) groups is 1. The average Bonchev–Trinajstić information content (AvgIpc) is 2.86. The summed E-state index contributed by atoms with van der Waals surface area (Å²) in [4.78, 5) is 13.1. The SMILES string of the molecule is CSc1ccc(-c2nnc(NC(=O)C(C)(C)C)s2)cc1. The molecular weight excluding hydrogens is 290 g/mol. The van der Waals surface area contributed by atoms with Gasteiger partial charge in [0.05, 0.1) is 0 Å². The largest absolute Gasteiger partial charge is 0.300 e. The fraction of sp³-hybridized carbons (Fsp3) is 0.357. The van der Waals surface area contributed by atoms with Gasteiger partial charge in [0, 0.05) is 15.9 Å². The molecule has 1 aromatic carbocycles. The predicted molar refractivity (Wildman–Crippen MR) is 85.2 cm³/mol. The van der Waals surface area contributed by atoms with Crippen LogP contribution in [0.25, 0.3) is 10.6 Å². The van der Waals surface area contributed by atoms with Gasteiger partial charge in [0.1, 0.15) is 5.01 Å².